The summed E-state index contributed by atoms with van der Waals surface area (Å²) in [6.45, 7) is 27.7. The van der Waals surface area contributed by atoms with E-state index in [9.17, 15) is 0 Å². The van der Waals surface area contributed by atoms with Crippen LogP contribution in [0.3, 0.4) is 0 Å². The zero-order valence-electron chi connectivity index (χ0n) is 36.4. The first-order valence-electron chi connectivity index (χ1n) is 20.7. The predicted octanol–water partition coefficient (Wildman–Crippen LogP) is 12.9. The highest BCUT2D eigenvalue weighted by Gasteiger charge is 2.31. The third-order valence-electron chi connectivity index (χ3n) is 13.6. The van der Waals surface area contributed by atoms with Crippen molar-refractivity contribution in [3.05, 3.63) is 188 Å². The number of fused-ring (bicyclic) bond motifs is 2. The van der Waals surface area contributed by atoms with E-state index in [1.807, 2.05) is 0 Å². The average molecular weight is 791 g/mol. The van der Waals surface area contributed by atoms with Crippen LogP contribution in [0.1, 0.15) is 66.8 Å². The lowest BCUT2D eigenvalue weighted by atomic mass is 9.93. The van der Waals surface area contributed by atoms with Crippen molar-refractivity contribution in [1.29, 1.82) is 0 Å². The Balaban J connectivity index is 1.59. The molecule has 8 aromatic rings. The van der Waals surface area contributed by atoms with Gasteiger partial charge < -0.3 is 0 Å². The van der Waals surface area contributed by atoms with Gasteiger partial charge in [0.25, 0.3) is 0 Å². The van der Waals surface area contributed by atoms with Gasteiger partial charge >= 0.3 is 0 Å². The molecule has 8 rings (SSSR count). The summed E-state index contributed by atoms with van der Waals surface area (Å²) in [5, 5.41) is 13.8. The summed E-state index contributed by atoms with van der Waals surface area (Å²) < 4.78 is 0. The standard InChI is InChI=1S/C56H56P2/c1-33-21-27-49(41(9)37(33)5)57(50-28-22-34(2)38(6)42(50)10)53-31-25-45-17-13-15-19-47(45)55(53)56-48-20-16-14-18-46(48)26-32-54(56)58(51-29-23-35(3)39(7)43(51)11)52-30-24-36(4)40(8)44(52)12/h13-32H,1-12H3. The van der Waals surface area contributed by atoms with E-state index in [1.54, 1.807) is 0 Å². The van der Waals surface area contributed by atoms with E-state index >= 15 is 0 Å². The topological polar surface area (TPSA) is 0 Å². The highest BCUT2D eigenvalue weighted by molar-refractivity contribution is 7.81. The Hall–Kier alpha value is -4.86. The smallest absolute Gasteiger partial charge is 0.000883 e. The molecule has 0 amide bonds. The molecule has 0 nitrogen and oxygen atoms in total. The fraction of sp³-hybridized carbons (Fsp3) is 0.214. The van der Waals surface area contributed by atoms with Crippen molar-refractivity contribution in [2.24, 2.45) is 0 Å². The molecule has 0 N–H and O–H groups in total. The summed E-state index contributed by atoms with van der Waals surface area (Å²) >= 11 is 0. The largest absolute Gasteiger partial charge is 0.0616 e. The number of benzene rings is 8. The average Bonchev–Trinajstić information content (AvgIpc) is 3.23. The lowest BCUT2D eigenvalue weighted by molar-refractivity contribution is 1.28. The minimum Gasteiger partial charge on any atom is -0.0616 e. The zero-order valence-corrected chi connectivity index (χ0v) is 38.2. The molecule has 0 aliphatic carbocycles. The number of hydrogen-bond acceptors (Lipinski definition) is 0. The lowest BCUT2D eigenvalue weighted by Crippen LogP contribution is -2.29. The Bertz CT molecular complexity index is 2610. The van der Waals surface area contributed by atoms with Crippen molar-refractivity contribution in [1.82, 2.24) is 0 Å². The summed E-state index contributed by atoms with van der Waals surface area (Å²) in [6.07, 6.45) is 0. The first kappa shape index (κ1) is 39.9. The van der Waals surface area contributed by atoms with E-state index < -0.39 is 15.8 Å². The van der Waals surface area contributed by atoms with Gasteiger partial charge in [-0.25, -0.2) is 0 Å². The van der Waals surface area contributed by atoms with Crippen molar-refractivity contribution in [2.75, 3.05) is 0 Å². The van der Waals surface area contributed by atoms with E-state index in [4.69, 9.17) is 0 Å². The van der Waals surface area contributed by atoms with Crippen LogP contribution in [0.2, 0.25) is 0 Å². The molecule has 2 heteroatoms. The van der Waals surface area contributed by atoms with Gasteiger partial charge in [0, 0.05) is 0 Å². The third kappa shape index (κ3) is 6.64. The molecule has 0 heterocycles. The van der Waals surface area contributed by atoms with Gasteiger partial charge in [-0.1, -0.05) is 121 Å². The first-order valence-corrected chi connectivity index (χ1v) is 23.4. The molecule has 0 aliphatic heterocycles. The Labute approximate surface area is 349 Å². The molecule has 0 aliphatic rings. The van der Waals surface area contributed by atoms with Gasteiger partial charge in [0.1, 0.15) is 0 Å². The fourth-order valence-corrected chi connectivity index (χ4v) is 14.8. The van der Waals surface area contributed by atoms with E-state index in [0.717, 1.165) is 0 Å². The van der Waals surface area contributed by atoms with Gasteiger partial charge in [0.15, 0.2) is 0 Å². The van der Waals surface area contributed by atoms with Gasteiger partial charge in [0.2, 0.25) is 0 Å². The molecule has 8 aromatic carbocycles. The van der Waals surface area contributed by atoms with Crippen molar-refractivity contribution >= 4 is 69.2 Å². The van der Waals surface area contributed by atoms with Crippen LogP contribution in [-0.4, -0.2) is 0 Å². The summed E-state index contributed by atoms with van der Waals surface area (Å²) in [4.78, 5) is 0. The van der Waals surface area contributed by atoms with Gasteiger partial charge in [-0.2, -0.15) is 0 Å². The van der Waals surface area contributed by atoms with Crippen LogP contribution in [0.25, 0.3) is 32.7 Å². The molecule has 0 saturated carbocycles. The zero-order chi connectivity index (χ0) is 41.2. The van der Waals surface area contributed by atoms with Gasteiger partial charge in [0.05, 0.1) is 0 Å². The predicted molar refractivity (Wildman–Crippen MR) is 261 cm³/mol. The Morgan fingerprint density at radius 2 is 0.500 bits per heavy atom. The first-order chi connectivity index (χ1) is 27.8. The van der Waals surface area contributed by atoms with Crippen LogP contribution in [0.4, 0.5) is 0 Å². The van der Waals surface area contributed by atoms with E-state index in [1.165, 1.54) is 131 Å². The molecular weight excluding hydrogens is 735 g/mol. The van der Waals surface area contributed by atoms with Crippen molar-refractivity contribution in [3.8, 4) is 11.1 Å². The molecule has 0 atom stereocenters. The van der Waals surface area contributed by atoms with Gasteiger partial charge in [-0.3, -0.25) is 0 Å². The van der Waals surface area contributed by atoms with E-state index in [0.29, 0.717) is 0 Å². The molecule has 0 unspecified atom stereocenters. The maximum absolute atomic E-state index is 2.50. The second kappa shape index (κ2) is 15.7. The van der Waals surface area contributed by atoms with Crippen LogP contribution < -0.4 is 31.8 Å². The molecule has 0 saturated heterocycles. The summed E-state index contributed by atoms with van der Waals surface area (Å²) in [5.41, 5.74) is 19.3. The molecule has 0 fully saturated rings. The second-order valence-electron chi connectivity index (χ2n) is 16.6. The summed E-state index contributed by atoms with van der Waals surface area (Å²) in [7, 11) is -1.96. The Kier molecular flexibility index (Phi) is 10.8. The summed E-state index contributed by atoms with van der Waals surface area (Å²) in [6, 6.07) is 47.3. The van der Waals surface area contributed by atoms with Crippen LogP contribution in [0.15, 0.2) is 121 Å². The van der Waals surface area contributed by atoms with Crippen molar-refractivity contribution < 1.29 is 0 Å². The van der Waals surface area contributed by atoms with Crippen molar-refractivity contribution in [2.45, 2.75) is 83.1 Å². The quantitative estimate of drug-likeness (QED) is 0.141. The third-order valence-corrected chi connectivity index (χ3v) is 19.2. The SMILES string of the molecule is Cc1ccc(P(c2ccc(C)c(C)c2C)c2ccc3ccccc3c2-c2c(P(c3ccc(C)c(C)c3C)c3ccc(C)c(C)c3C)ccc3ccccc23)c(C)c1C. The summed E-state index contributed by atoms with van der Waals surface area (Å²) in [5.74, 6) is 0. The number of aryl methyl sites for hydroxylation is 4. The van der Waals surface area contributed by atoms with E-state index in [-0.39, 0.29) is 0 Å². The van der Waals surface area contributed by atoms with E-state index in [2.05, 4.69) is 204 Å². The molecule has 0 radical (unpaired) electrons. The fourth-order valence-electron chi connectivity index (χ4n) is 8.93. The van der Waals surface area contributed by atoms with Gasteiger partial charge in [-0.15, -0.1) is 0 Å². The minimum absolute atomic E-state index is 0.982. The maximum atomic E-state index is 2.50. The molecule has 58 heavy (non-hydrogen) atoms. The minimum atomic E-state index is -0.982. The number of rotatable bonds is 7. The Morgan fingerprint density at radius 3 is 0.793 bits per heavy atom. The van der Waals surface area contributed by atoms with Crippen LogP contribution >= 0.6 is 15.8 Å². The van der Waals surface area contributed by atoms with Gasteiger partial charge in [-0.05, 0) is 230 Å². The van der Waals surface area contributed by atoms with Crippen molar-refractivity contribution in [3.63, 3.8) is 0 Å². The maximum Gasteiger partial charge on any atom is -0.000883 e. The highest BCUT2D eigenvalue weighted by atomic mass is 31.1. The monoisotopic (exact) mass is 790 g/mol. The molecule has 290 valence electrons. The second-order valence-corrected chi connectivity index (χ2v) is 20.9. The van der Waals surface area contributed by atoms with Crippen LogP contribution in [0, 0.1) is 83.1 Å². The molecule has 0 spiro atoms. The number of hydrogen-bond donors (Lipinski definition) is 0. The molecule has 0 bridgehead atoms. The van der Waals surface area contributed by atoms with Crippen LogP contribution in [0.5, 0.6) is 0 Å². The molecular formula is C56H56P2. The Morgan fingerprint density at radius 1 is 0.241 bits per heavy atom. The lowest BCUT2D eigenvalue weighted by Gasteiger charge is -2.31. The van der Waals surface area contributed by atoms with Crippen LogP contribution in [-0.2, 0) is 0 Å². The normalized spacial score (nSPS) is 11.8. The highest BCUT2D eigenvalue weighted by Crippen LogP contribution is 2.48. The molecule has 0 aromatic heterocycles.